The number of carbonyl (C=O) groups is 1. The fraction of sp³-hybridized carbons (Fsp3) is 0.643. The fourth-order valence-corrected chi connectivity index (χ4v) is 2.84. The summed E-state index contributed by atoms with van der Waals surface area (Å²) in [6, 6.07) is 1.73. The van der Waals surface area contributed by atoms with Crippen molar-refractivity contribution in [2.75, 3.05) is 7.05 Å². The van der Waals surface area contributed by atoms with Crippen molar-refractivity contribution in [2.24, 2.45) is 0 Å². The van der Waals surface area contributed by atoms with Crippen LogP contribution in [-0.4, -0.2) is 28.9 Å². The van der Waals surface area contributed by atoms with E-state index in [2.05, 4.69) is 0 Å². The molecule has 1 aromatic rings. The van der Waals surface area contributed by atoms with Crippen LogP contribution in [0.4, 0.5) is 0 Å². The number of amides is 1. The van der Waals surface area contributed by atoms with Gasteiger partial charge < -0.3 is 4.42 Å². The van der Waals surface area contributed by atoms with Crippen LogP contribution in [0.25, 0.3) is 0 Å². The second-order valence-electron chi connectivity index (χ2n) is 5.45. The van der Waals surface area contributed by atoms with Crippen molar-refractivity contribution < 1.29 is 19.1 Å². The molecule has 4 heteroatoms. The van der Waals surface area contributed by atoms with Gasteiger partial charge in [-0.2, -0.15) is 0 Å². The highest BCUT2D eigenvalue weighted by atomic mass is 16.6. The van der Waals surface area contributed by atoms with Crippen LogP contribution in [0.2, 0.25) is 0 Å². The molecule has 1 fully saturated rings. The van der Waals surface area contributed by atoms with Gasteiger partial charge in [0.15, 0.2) is 0 Å². The van der Waals surface area contributed by atoms with Crippen molar-refractivity contribution in [3.05, 3.63) is 23.2 Å². The number of aryl methyl sites for hydroxylation is 2. The lowest BCUT2D eigenvalue weighted by molar-refractivity contribution is -1.04. The lowest BCUT2D eigenvalue weighted by atomic mass is 9.93. The molecule has 1 aliphatic carbocycles. The molecular formula is C14H22NO3+. The third kappa shape index (κ3) is 2.35. The predicted octanol–water partition coefficient (Wildman–Crippen LogP) is 3.21. The van der Waals surface area contributed by atoms with Crippen LogP contribution in [0.1, 0.15) is 54.0 Å². The van der Waals surface area contributed by atoms with Gasteiger partial charge in [0.05, 0.1) is 0 Å². The van der Waals surface area contributed by atoms with Crippen molar-refractivity contribution in [1.82, 2.24) is 0 Å². The number of hydroxylamine groups is 3. The number of nitrogens with zero attached hydrogens (tertiary/aromatic N) is 1. The predicted molar refractivity (Wildman–Crippen MR) is 67.4 cm³/mol. The van der Waals surface area contributed by atoms with Crippen LogP contribution < -0.4 is 0 Å². The summed E-state index contributed by atoms with van der Waals surface area (Å²) < 4.78 is 4.83. The SMILES string of the molecule is Cc1cc(C(=O)[N+](C)(O)C2CCCCC2)c(C)o1. The van der Waals surface area contributed by atoms with Crippen LogP contribution in [0.15, 0.2) is 10.5 Å². The van der Waals surface area contributed by atoms with Gasteiger partial charge in [-0.05, 0) is 32.8 Å². The normalized spacial score (nSPS) is 20.7. The van der Waals surface area contributed by atoms with Gasteiger partial charge in [-0.1, -0.05) is 6.42 Å². The molecular weight excluding hydrogens is 230 g/mol. The third-order valence-corrected chi connectivity index (χ3v) is 3.97. The quantitative estimate of drug-likeness (QED) is 0.499. The van der Waals surface area contributed by atoms with Crippen molar-refractivity contribution in [2.45, 2.75) is 52.0 Å². The summed E-state index contributed by atoms with van der Waals surface area (Å²) in [4.78, 5) is 12.5. The van der Waals surface area contributed by atoms with Gasteiger partial charge in [-0.15, -0.1) is 4.65 Å². The zero-order chi connectivity index (χ0) is 13.3. The summed E-state index contributed by atoms with van der Waals surface area (Å²) in [6.45, 7) is 3.58. The second-order valence-corrected chi connectivity index (χ2v) is 5.45. The maximum absolute atomic E-state index is 12.5. The van der Waals surface area contributed by atoms with Crippen molar-refractivity contribution >= 4 is 5.91 Å². The van der Waals surface area contributed by atoms with E-state index in [9.17, 15) is 10.0 Å². The second kappa shape index (κ2) is 4.86. The van der Waals surface area contributed by atoms with Crippen molar-refractivity contribution in [3.63, 3.8) is 0 Å². The first-order valence-electron chi connectivity index (χ1n) is 6.64. The van der Waals surface area contributed by atoms with Gasteiger partial charge in [0.2, 0.25) is 0 Å². The highest BCUT2D eigenvalue weighted by Crippen LogP contribution is 2.28. The molecule has 1 aromatic heterocycles. The number of quaternary nitrogens is 1. The minimum absolute atomic E-state index is 0.0147. The molecule has 1 aliphatic rings. The molecule has 0 saturated heterocycles. The molecule has 0 aromatic carbocycles. The van der Waals surface area contributed by atoms with E-state index in [4.69, 9.17) is 4.42 Å². The molecule has 1 heterocycles. The van der Waals surface area contributed by atoms with Crippen LogP contribution in [0.5, 0.6) is 0 Å². The minimum Gasteiger partial charge on any atom is -0.466 e. The van der Waals surface area contributed by atoms with Crippen LogP contribution in [0.3, 0.4) is 0 Å². The van der Waals surface area contributed by atoms with E-state index in [1.54, 1.807) is 20.0 Å². The van der Waals surface area contributed by atoms with Crippen molar-refractivity contribution in [3.8, 4) is 0 Å². The standard InChI is InChI=1S/C14H22NO3/c1-10-9-13(11(2)18-10)14(16)15(3,17)12-7-5-4-6-8-12/h9,12,17H,4-8H2,1-3H3/q+1. The van der Waals surface area contributed by atoms with E-state index < -0.39 is 4.65 Å². The Hall–Kier alpha value is -1.13. The average Bonchev–Trinajstić information content (AvgIpc) is 2.68. The van der Waals surface area contributed by atoms with Gasteiger partial charge >= 0.3 is 5.91 Å². The number of carbonyl (C=O) groups excluding carboxylic acids is 1. The molecule has 0 aliphatic heterocycles. The molecule has 4 nitrogen and oxygen atoms in total. The van der Waals surface area contributed by atoms with Crippen LogP contribution in [-0.2, 0) is 0 Å². The maximum Gasteiger partial charge on any atom is 0.381 e. The van der Waals surface area contributed by atoms with E-state index >= 15 is 0 Å². The first-order chi connectivity index (χ1) is 8.43. The molecule has 1 atom stereocenters. The summed E-state index contributed by atoms with van der Waals surface area (Å²) in [7, 11) is 1.60. The summed E-state index contributed by atoms with van der Waals surface area (Å²) in [6.07, 6.45) is 5.21. The van der Waals surface area contributed by atoms with Crippen LogP contribution in [0, 0.1) is 13.8 Å². The Balaban J connectivity index is 2.23. The van der Waals surface area contributed by atoms with Gasteiger partial charge in [0, 0.05) is 12.8 Å². The zero-order valence-corrected chi connectivity index (χ0v) is 11.4. The molecule has 1 amide bonds. The lowest BCUT2D eigenvalue weighted by Gasteiger charge is -2.33. The Kier molecular flexibility index (Phi) is 3.59. The number of hydrogen-bond acceptors (Lipinski definition) is 3. The van der Waals surface area contributed by atoms with Crippen LogP contribution >= 0.6 is 0 Å². The first-order valence-corrected chi connectivity index (χ1v) is 6.64. The Labute approximate surface area is 108 Å². The van der Waals surface area contributed by atoms with E-state index in [-0.39, 0.29) is 11.9 Å². The zero-order valence-electron chi connectivity index (χ0n) is 11.4. The Bertz CT molecular complexity index is 442. The van der Waals surface area contributed by atoms with E-state index in [0.29, 0.717) is 17.1 Å². The summed E-state index contributed by atoms with van der Waals surface area (Å²) in [5.74, 6) is 1.04. The largest absolute Gasteiger partial charge is 0.466 e. The minimum atomic E-state index is -0.542. The highest BCUT2D eigenvalue weighted by Gasteiger charge is 2.42. The smallest absolute Gasteiger partial charge is 0.381 e. The molecule has 18 heavy (non-hydrogen) atoms. The lowest BCUT2D eigenvalue weighted by Crippen LogP contribution is -2.54. The van der Waals surface area contributed by atoms with Crippen molar-refractivity contribution in [1.29, 1.82) is 0 Å². The molecule has 0 spiro atoms. The molecule has 1 N–H and O–H groups in total. The number of hydrogen-bond donors (Lipinski definition) is 1. The molecule has 1 unspecified atom stereocenters. The first kappa shape index (κ1) is 13.3. The summed E-state index contributed by atoms with van der Waals surface area (Å²) in [5, 5.41) is 10.5. The Morgan fingerprint density at radius 2 is 1.94 bits per heavy atom. The molecule has 100 valence electrons. The Morgan fingerprint density at radius 1 is 1.33 bits per heavy atom. The van der Waals surface area contributed by atoms with Gasteiger partial charge in [0.25, 0.3) is 0 Å². The maximum atomic E-state index is 12.5. The van der Waals surface area contributed by atoms with Gasteiger partial charge in [-0.3, -0.25) is 0 Å². The average molecular weight is 252 g/mol. The van der Waals surface area contributed by atoms with Gasteiger partial charge in [0.1, 0.15) is 30.2 Å². The molecule has 0 bridgehead atoms. The number of furan rings is 1. The Morgan fingerprint density at radius 3 is 2.44 bits per heavy atom. The molecule has 0 radical (unpaired) electrons. The van der Waals surface area contributed by atoms with E-state index in [0.717, 1.165) is 25.7 Å². The monoisotopic (exact) mass is 252 g/mol. The van der Waals surface area contributed by atoms with E-state index in [1.807, 2.05) is 6.92 Å². The third-order valence-electron chi connectivity index (χ3n) is 3.97. The summed E-state index contributed by atoms with van der Waals surface area (Å²) in [5.41, 5.74) is 0.503. The van der Waals surface area contributed by atoms with E-state index in [1.165, 1.54) is 6.42 Å². The fourth-order valence-electron chi connectivity index (χ4n) is 2.84. The molecule has 1 saturated carbocycles. The van der Waals surface area contributed by atoms with Gasteiger partial charge in [-0.25, -0.2) is 10.0 Å². The highest BCUT2D eigenvalue weighted by molar-refractivity contribution is 5.89. The number of rotatable bonds is 2. The molecule has 2 rings (SSSR count). The summed E-state index contributed by atoms with van der Waals surface area (Å²) >= 11 is 0. The topological polar surface area (TPSA) is 50.4 Å².